The number of amides is 1. The van der Waals surface area contributed by atoms with E-state index < -0.39 is 5.92 Å². The maximum Gasteiger partial charge on any atom is 0.261 e. The van der Waals surface area contributed by atoms with Gasteiger partial charge in [0.15, 0.2) is 0 Å². The summed E-state index contributed by atoms with van der Waals surface area (Å²) in [5.41, 5.74) is 7.74. The number of anilines is 3. The SMILES string of the molecule is O=C1NCc2c(-c3ccnc4c3C3(CC3)CN4)ccc(Nc3ccc(C4CCOC4)c(CN4CCC(F)(F)C4)n3)c21. The van der Waals surface area contributed by atoms with Gasteiger partial charge in [-0.1, -0.05) is 12.1 Å². The molecule has 3 N–H and O–H groups in total. The van der Waals surface area contributed by atoms with Crippen molar-refractivity contribution in [2.45, 2.75) is 56.0 Å². The van der Waals surface area contributed by atoms with Crippen molar-refractivity contribution < 1.29 is 18.3 Å². The third kappa shape index (κ3) is 4.26. The molecule has 6 heterocycles. The molecule has 1 aromatic carbocycles. The summed E-state index contributed by atoms with van der Waals surface area (Å²) in [4.78, 5) is 24.4. The van der Waals surface area contributed by atoms with Gasteiger partial charge in [-0.25, -0.2) is 18.7 Å². The third-order valence-electron chi connectivity index (χ3n) is 9.45. The molecule has 3 fully saturated rings. The van der Waals surface area contributed by atoms with E-state index in [0.29, 0.717) is 49.9 Å². The standard InChI is InChI=1S/C31H32F2N6O2/c32-31(33)9-11-39(17-31)14-24-19(18-6-12-41-15-18)2-4-25(38-24)37-23-3-1-20(22-13-35-29(40)26(22)23)21-5-10-34-28-27(21)30(7-8-30)16-36-28/h1-5,10,18H,6-9,11-17H2,(H,34,36)(H,35,40)(H,37,38). The molecule has 41 heavy (non-hydrogen) atoms. The van der Waals surface area contributed by atoms with E-state index in [2.05, 4.69) is 33.1 Å². The normalized spacial score (nSPS) is 23.4. The van der Waals surface area contributed by atoms with E-state index in [9.17, 15) is 13.6 Å². The van der Waals surface area contributed by atoms with Gasteiger partial charge in [-0.05, 0) is 59.7 Å². The van der Waals surface area contributed by atoms with E-state index in [1.165, 1.54) is 5.56 Å². The number of nitrogens with zero attached hydrogens (tertiary/aromatic N) is 3. The molecule has 8 rings (SSSR count). The summed E-state index contributed by atoms with van der Waals surface area (Å²) < 4.78 is 33.5. The average molecular weight is 559 g/mol. The summed E-state index contributed by atoms with van der Waals surface area (Å²) in [6, 6.07) is 10.1. The number of carbonyl (C=O) groups excluding carboxylic acids is 1. The Labute approximate surface area is 236 Å². The highest BCUT2D eigenvalue weighted by Gasteiger charge is 2.51. The van der Waals surface area contributed by atoms with Crippen molar-refractivity contribution in [2.24, 2.45) is 0 Å². The van der Waals surface area contributed by atoms with Gasteiger partial charge in [0.25, 0.3) is 11.8 Å². The van der Waals surface area contributed by atoms with Gasteiger partial charge in [-0.3, -0.25) is 9.69 Å². The van der Waals surface area contributed by atoms with Crippen LogP contribution in [0.25, 0.3) is 11.1 Å². The van der Waals surface area contributed by atoms with Gasteiger partial charge >= 0.3 is 0 Å². The predicted molar refractivity (Wildman–Crippen MR) is 151 cm³/mol. The fourth-order valence-electron chi connectivity index (χ4n) is 7.13. The maximum atomic E-state index is 14.0. The summed E-state index contributed by atoms with van der Waals surface area (Å²) in [6.07, 6.45) is 4.90. The highest BCUT2D eigenvalue weighted by molar-refractivity contribution is 6.06. The number of nitrogens with one attached hydrogen (secondary N) is 3. The minimum Gasteiger partial charge on any atom is -0.381 e. The number of alkyl halides is 2. The number of aromatic nitrogens is 2. The molecule has 4 aliphatic heterocycles. The van der Waals surface area contributed by atoms with Crippen molar-refractivity contribution in [2.75, 3.05) is 43.5 Å². The number of halogens is 2. The van der Waals surface area contributed by atoms with Crippen LogP contribution in [0.1, 0.15) is 64.3 Å². The maximum absolute atomic E-state index is 14.0. The number of ether oxygens (including phenoxy) is 1. The van der Waals surface area contributed by atoms with Crippen LogP contribution in [-0.2, 0) is 23.2 Å². The first-order valence-electron chi connectivity index (χ1n) is 14.5. The molecular weight excluding hydrogens is 526 g/mol. The molecule has 1 unspecified atom stereocenters. The Bertz CT molecular complexity index is 1570. The van der Waals surface area contributed by atoms with E-state index in [1.807, 2.05) is 24.4 Å². The summed E-state index contributed by atoms with van der Waals surface area (Å²) in [5, 5.41) is 9.89. The zero-order valence-electron chi connectivity index (χ0n) is 22.7. The van der Waals surface area contributed by atoms with Crippen LogP contribution in [0, 0.1) is 0 Å². The molecule has 1 atom stereocenters. The smallest absolute Gasteiger partial charge is 0.261 e. The van der Waals surface area contributed by atoms with Crippen LogP contribution in [-0.4, -0.2) is 59.5 Å². The molecule has 1 amide bonds. The second kappa shape index (κ2) is 9.19. The Kier molecular flexibility index (Phi) is 5.63. The zero-order chi connectivity index (χ0) is 27.8. The number of carbonyl (C=O) groups is 1. The van der Waals surface area contributed by atoms with Crippen molar-refractivity contribution in [3.05, 3.63) is 64.5 Å². The fraction of sp³-hybridized carbons (Fsp3) is 0.452. The quantitative estimate of drug-likeness (QED) is 0.395. The average Bonchev–Trinajstić information content (AvgIpc) is 3.33. The Morgan fingerprint density at radius 3 is 2.78 bits per heavy atom. The van der Waals surface area contributed by atoms with Crippen LogP contribution in [0.2, 0.25) is 0 Å². The number of benzene rings is 1. The largest absolute Gasteiger partial charge is 0.381 e. The molecule has 1 saturated carbocycles. The summed E-state index contributed by atoms with van der Waals surface area (Å²) in [7, 11) is 0. The molecule has 8 nitrogen and oxygen atoms in total. The lowest BCUT2D eigenvalue weighted by molar-refractivity contribution is 0.0113. The van der Waals surface area contributed by atoms with Crippen molar-refractivity contribution in [3.63, 3.8) is 0 Å². The Hall–Kier alpha value is -3.63. The molecular formula is C31H32F2N6O2. The highest BCUT2D eigenvalue weighted by Crippen LogP contribution is 2.57. The Morgan fingerprint density at radius 2 is 2.00 bits per heavy atom. The van der Waals surface area contributed by atoms with Gasteiger partial charge in [0.2, 0.25) is 0 Å². The van der Waals surface area contributed by atoms with Crippen molar-refractivity contribution >= 4 is 23.2 Å². The van der Waals surface area contributed by atoms with Gasteiger partial charge in [0.05, 0.1) is 30.1 Å². The van der Waals surface area contributed by atoms with Gasteiger partial charge in [-0.2, -0.15) is 0 Å². The van der Waals surface area contributed by atoms with E-state index in [0.717, 1.165) is 59.6 Å². The Morgan fingerprint density at radius 1 is 1.10 bits per heavy atom. The summed E-state index contributed by atoms with van der Waals surface area (Å²) in [6.45, 7) is 3.13. The second-order valence-electron chi connectivity index (χ2n) is 12.1. The van der Waals surface area contributed by atoms with Crippen LogP contribution in [0.15, 0.2) is 36.5 Å². The molecule has 1 aliphatic carbocycles. The summed E-state index contributed by atoms with van der Waals surface area (Å²) in [5.74, 6) is -1.03. The molecule has 3 aromatic rings. The number of hydrogen-bond acceptors (Lipinski definition) is 7. The topological polar surface area (TPSA) is 91.4 Å². The molecule has 2 saturated heterocycles. The monoisotopic (exact) mass is 558 g/mol. The van der Waals surface area contributed by atoms with Crippen LogP contribution < -0.4 is 16.0 Å². The number of pyridine rings is 2. The predicted octanol–water partition coefficient (Wildman–Crippen LogP) is 4.93. The number of fused-ring (bicyclic) bond motifs is 3. The van der Waals surface area contributed by atoms with Crippen LogP contribution >= 0.6 is 0 Å². The van der Waals surface area contributed by atoms with E-state index >= 15 is 0 Å². The van der Waals surface area contributed by atoms with E-state index in [1.54, 1.807) is 4.90 Å². The number of likely N-dealkylation sites (tertiary alicyclic amines) is 1. The first-order valence-corrected chi connectivity index (χ1v) is 14.5. The lowest BCUT2D eigenvalue weighted by atomic mass is 9.88. The van der Waals surface area contributed by atoms with Gasteiger partial charge in [0.1, 0.15) is 11.6 Å². The van der Waals surface area contributed by atoms with Crippen molar-refractivity contribution in [3.8, 4) is 11.1 Å². The Balaban J connectivity index is 1.14. The van der Waals surface area contributed by atoms with Gasteiger partial charge in [-0.15, -0.1) is 0 Å². The lowest BCUT2D eigenvalue weighted by Gasteiger charge is -2.21. The van der Waals surface area contributed by atoms with Gasteiger partial charge < -0.3 is 20.7 Å². The number of rotatable bonds is 6. The van der Waals surface area contributed by atoms with Gasteiger partial charge in [0, 0.05) is 62.3 Å². The minimum atomic E-state index is -2.66. The molecule has 0 radical (unpaired) electrons. The molecule has 1 spiro atoms. The van der Waals surface area contributed by atoms with Crippen LogP contribution in [0.3, 0.4) is 0 Å². The van der Waals surface area contributed by atoms with Crippen molar-refractivity contribution in [1.82, 2.24) is 20.2 Å². The van der Waals surface area contributed by atoms with E-state index in [-0.39, 0.29) is 30.2 Å². The third-order valence-corrected chi connectivity index (χ3v) is 9.45. The number of hydrogen-bond donors (Lipinski definition) is 3. The molecule has 2 aromatic heterocycles. The second-order valence-corrected chi connectivity index (χ2v) is 12.1. The molecule has 212 valence electrons. The lowest BCUT2D eigenvalue weighted by Crippen LogP contribution is -2.26. The van der Waals surface area contributed by atoms with E-state index in [4.69, 9.17) is 9.72 Å². The van der Waals surface area contributed by atoms with Crippen LogP contribution in [0.4, 0.5) is 26.1 Å². The minimum absolute atomic E-state index is 0.117. The summed E-state index contributed by atoms with van der Waals surface area (Å²) >= 11 is 0. The van der Waals surface area contributed by atoms with Crippen molar-refractivity contribution in [1.29, 1.82) is 0 Å². The molecule has 0 bridgehead atoms. The first kappa shape index (κ1) is 25.1. The first-order chi connectivity index (χ1) is 19.9. The van der Waals surface area contributed by atoms with Crippen LogP contribution in [0.5, 0.6) is 0 Å². The fourth-order valence-corrected chi connectivity index (χ4v) is 7.13. The highest BCUT2D eigenvalue weighted by atomic mass is 19.3. The molecule has 5 aliphatic rings. The molecule has 10 heteroatoms. The zero-order valence-corrected chi connectivity index (χ0v) is 22.7.